The lowest BCUT2D eigenvalue weighted by Crippen LogP contribution is -2.35. The molecule has 0 heterocycles. The van der Waals surface area contributed by atoms with Crippen molar-refractivity contribution in [2.45, 2.75) is 49.5 Å². The number of rotatable bonds is 9. The number of unbranched alkanes of at least 4 members (excludes halogenated alkanes) is 1. The van der Waals surface area contributed by atoms with Gasteiger partial charge in [0.05, 0.1) is 13.2 Å². The Kier molecular flexibility index (Phi) is 7.98. The van der Waals surface area contributed by atoms with Gasteiger partial charge in [-0.2, -0.15) is 43.2 Å². The second kappa shape index (κ2) is 8.19. The number of halogens is 6. The average Bonchev–Trinajstić information content (AvgIpc) is 2.38. The van der Waals surface area contributed by atoms with E-state index in [1.165, 1.54) is 0 Å². The summed E-state index contributed by atoms with van der Waals surface area (Å²) in [6.07, 6.45) is -10.5. The normalized spacial score (nSPS) is 16.8. The third kappa shape index (κ3) is 7.53. The number of hydrogen-bond acceptors (Lipinski definition) is 6. The quantitative estimate of drug-likeness (QED) is 0.330. The van der Waals surface area contributed by atoms with Crippen LogP contribution in [0.25, 0.3) is 0 Å². The minimum Gasteiger partial charge on any atom is -0.270 e. The average molecular weight is 410 g/mol. The van der Waals surface area contributed by atoms with Gasteiger partial charge in [0.2, 0.25) is 0 Å². The Labute approximate surface area is 135 Å². The summed E-state index contributed by atoms with van der Waals surface area (Å²) in [5, 5.41) is -5.48. The van der Waals surface area contributed by atoms with Crippen molar-refractivity contribution in [3.05, 3.63) is 0 Å². The Morgan fingerprint density at radius 3 is 1.17 bits per heavy atom. The van der Waals surface area contributed by atoms with E-state index >= 15 is 0 Å². The summed E-state index contributed by atoms with van der Waals surface area (Å²) < 4.78 is 126. The van der Waals surface area contributed by atoms with Crippen molar-refractivity contribution in [1.29, 1.82) is 0 Å². The summed E-state index contributed by atoms with van der Waals surface area (Å²) in [6.45, 7) is -0.602. The molecule has 0 saturated carbocycles. The second-order valence-electron chi connectivity index (χ2n) is 4.70. The molecule has 0 amide bonds. The third-order valence-electron chi connectivity index (χ3n) is 2.82. The van der Waals surface area contributed by atoms with Crippen molar-refractivity contribution in [3.63, 3.8) is 0 Å². The lowest BCUT2D eigenvalue weighted by molar-refractivity contribution is -0.129. The standard InChI is InChI=1S/C10H16F6O6S2/c1-7(9(11,12)13)23(17,18)21-5-3-4-6-22-24(19,20)8(2)10(14,15)16/h7-8H,3-6H2,1-2H3. The molecule has 0 aliphatic rings. The van der Waals surface area contributed by atoms with Crippen molar-refractivity contribution < 1.29 is 51.5 Å². The molecule has 0 spiro atoms. The van der Waals surface area contributed by atoms with Gasteiger partial charge >= 0.3 is 12.4 Å². The van der Waals surface area contributed by atoms with E-state index in [0.717, 1.165) is 0 Å². The molecule has 2 atom stereocenters. The Balaban J connectivity index is 4.26. The van der Waals surface area contributed by atoms with Gasteiger partial charge in [-0.25, -0.2) is 0 Å². The number of alkyl halides is 6. The van der Waals surface area contributed by atoms with E-state index in [1.807, 2.05) is 0 Å². The van der Waals surface area contributed by atoms with Gasteiger partial charge in [-0.3, -0.25) is 8.37 Å². The van der Waals surface area contributed by atoms with Gasteiger partial charge in [-0.05, 0) is 26.7 Å². The van der Waals surface area contributed by atoms with Gasteiger partial charge in [0.1, 0.15) is 0 Å². The van der Waals surface area contributed by atoms with E-state index in [9.17, 15) is 43.2 Å². The Hall–Kier alpha value is -0.600. The molecule has 146 valence electrons. The van der Waals surface area contributed by atoms with Gasteiger partial charge < -0.3 is 0 Å². The largest absolute Gasteiger partial charge is 0.407 e. The Bertz CT molecular complexity index is 540. The summed E-state index contributed by atoms with van der Waals surface area (Å²) >= 11 is 0. The topological polar surface area (TPSA) is 86.7 Å². The zero-order valence-electron chi connectivity index (χ0n) is 12.5. The van der Waals surface area contributed by atoms with Crippen LogP contribution in [-0.2, 0) is 28.6 Å². The maximum Gasteiger partial charge on any atom is 0.407 e. The SMILES string of the molecule is CC(C(F)(F)F)S(=O)(=O)OCCCCOS(=O)(=O)C(C)C(F)(F)F. The highest BCUT2D eigenvalue weighted by molar-refractivity contribution is 7.87. The van der Waals surface area contributed by atoms with E-state index in [0.29, 0.717) is 13.8 Å². The third-order valence-corrected chi connectivity index (χ3v) is 6.08. The van der Waals surface area contributed by atoms with Crippen LogP contribution in [0.1, 0.15) is 26.7 Å². The predicted octanol–water partition coefficient (Wildman–Crippen LogP) is 2.36. The first-order valence-corrected chi connectivity index (χ1v) is 9.36. The van der Waals surface area contributed by atoms with Crippen LogP contribution in [0.15, 0.2) is 0 Å². The molecule has 0 fully saturated rings. The van der Waals surface area contributed by atoms with Crippen molar-refractivity contribution in [1.82, 2.24) is 0 Å². The molecule has 0 aromatic heterocycles. The van der Waals surface area contributed by atoms with Crippen LogP contribution in [-0.4, -0.2) is 52.9 Å². The maximum absolute atomic E-state index is 12.2. The fourth-order valence-corrected chi connectivity index (χ4v) is 2.85. The van der Waals surface area contributed by atoms with E-state index < -0.39 is 56.3 Å². The van der Waals surface area contributed by atoms with E-state index in [4.69, 9.17) is 0 Å². The highest BCUT2D eigenvalue weighted by atomic mass is 32.2. The summed E-state index contributed by atoms with van der Waals surface area (Å²) in [5.74, 6) is 0. The van der Waals surface area contributed by atoms with Crippen LogP contribution in [0.2, 0.25) is 0 Å². The fraction of sp³-hybridized carbons (Fsp3) is 1.00. The molecule has 0 bridgehead atoms. The summed E-state index contributed by atoms with van der Waals surface area (Å²) in [4.78, 5) is 0. The van der Waals surface area contributed by atoms with E-state index in [-0.39, 0.29) is 12.8 Å². The molecule has 6 nitrogen and oxygen atoms in total. The fourth-order valence-electron chi connectivity index (χ4n) is 1.09. The first kappa shape index (κ1) is 23.4. The van der Waals surface area contributed by atoms with Gasteiger partial charge in [0.15, 0.2) is 10.5 Å². The molecule has 0 aromatic carbocycles. The monoisotopic (exact) mass is 410 g/mol. The Morgan fingerprint density at radius 1 is 0.708 bits per heavy atom. The van der Waals surface area contributed by atoms with Crippen molar-refractivity contribution in [2.24, 2.45) is 0 Å². The van der Waals surface area contributed by atoms with Crippen LogP contribution in [0, 0.1) is 0 Å². The van der Waals surface area contributed by atoms with Gasteiger partial charge in [-0.1, -0.05) is 0 Å². The lowest BCUT2D eigenvalue weighted by Gasteiger charge is -2.16. The minimum atomic E-state index is -5.01. The van der Waals surface area contributed by atoms with Gasteiger partial charge in [-0.15, -0.1) is 0 Å². The molecule has 24 heavy (non-hydrogen) atoms. The lowest BCUT2D eigenvalue weighted by atomic mass is 10.3. The van der Waals surface area contributed by atoms with Gasteiger partial charge in [0, 0.05) is 0 Å². The summed E-state index contributed by atoms with van der Waals surface area (Å²) in [6, 6.07) is 0. The van der Waals surface area contributed by atoms with Crippen molar-refractivity contribution in [3.8, 4) is 0 Å². The van der Waals surface area contributed by atoms with Gasteiger partial charge in [0.25, 0.3) is 20.2 Å². The smallest absolute Gasteiger partial charge is 0.270 e. The minimum absolute atomic E-state index is 0.236. The molecule has 0 aliphatic carbocycles. The van der Waals surface area contributed by atoms with Crippen LogP contribution in [0.3, 0.4) is 0 Å². The molecule has 0 radical (unpaired) electrons. The number of hydrogen-bond donors (Lipinski definition) is 0. The Morgan fingerprint density at radius 2 is 0.958 bits per heavy atom. The van der Waals surface area contributed by atoms with Crippen LogP contribution < -0.4 is 0 Å². The molecule has 0 N–H and O–H groups in total. The highest BCUT2D eigenvalue weighted by Gasteiger charge is 2.46. The molecule has 0 saturated heterocycles. The highest BCUT2D eigenvalue weighted by Crippen LogP contribution is 2.27. The molecular weight excluding hydrogens is 394 g/mol. The van der Waals surface area contributed by atoms with Crippen molar-refractivity contribution in [2.75, 3.05) is 13.2 Å². The van der Waals surface area contributed by atoms with Crippen LogP contribution in [0.4, 0.5) is 26.3 Å². The van der Waals surface area contributed by atoms with Crippen LogP contribution in [0.5, 0.6) is 0 Å². The molecule has 0 rings (SSSR count). The molecule has 0 aromatic rings. The maximum atomic E-state index is 12.2. The van der Waals surface area contributed by atoms with E-state index in [2.05, 4.69) is 8.37 Å². The molecule has 14 heteroatoms. The van der Waals surface area contributed by atoms with E-state index in [1.54, 1.807) is 0 Å². The molecule has 0 aliphatic heterocycles. The first-order chi connectivity index (χ1) is 10.5. The summed E-state index contributed by atoms with van der Waals surface area (Å²) in [5.41, 5.74) is 0. The van der Waals surface area contributed by atoms with Crippen LogP contribution >= 0.6 is 0 Å². The molecule has 2 unspecified atom stereocenters. The molecular formula is C10H16F6O6S2. The van der Waals surface area contributed by atoms with Crippen molar-refractivity contribution >= 4 is 20.2 Å². The zero-order chi connectivity index (χ0) is 19.4. The first-order valence-electron chi connectivity index (χ1n) is 6.41. The summed E-state index contributed by atoms with van der Waals surface area (Å²) in [7, 11) is -9.80. The zero-order valence-corrected chi connectivity index (χ0v) is 14.1. The predicted molar refractivity (Wildman–Crippen MR) is 70.0 cm³/mol. The second-order valence-corrected chi connectivity index (χ2v) is 8.56.